The molecular formula is C19H24N2O2S. The smallest absolute Gasteiger partial charge is 0.261 e. The summed E-state index contributed by atoms with van der Waals surface area (Å²) >= 11 is 1.57. The molecule has 2 aromatic rings. The minimum absolute atomic E-state index is 0.0445. The molecule has 1 aliphatic heterocycles. The van der Waals surface area contributed by atoms with Crippen LogP contribution in [0.1, 0.15) is 33.0 Å². The first-order chi connectivity index (χ1) is 11.6. The van der Waals surface area contributed by atoms with Crippen LogP contribution in [-0.4, -0.2) is 32.1 Å². The van der Waals surface area contributed by atoms with Crippen LogP contribution in [0, 0.1) is 13.8 Å². The third kappa shape index (κ3) is 3.56. The van der Waals surface area contributed by atoms with E-state index in [9.17, 15) is 4.79 Å². The van der Waals surface area contributed by atoms with Crippen LogP contribution in [0.15, 0.2) is 30.3 Å². The maximum Gasteiger partial charge on any atom is 0.261 e. The highest BCUT2D eigenvalue weighted by molar-refractivity contribution is 7.14. The summed E-state index contributed by atoms with van der Waals surface area (Å²) in [6.07, 6.45) is 2.08. The predicted molar refractivity (Wildman–Crippen MR) is 99.5 cm³/mol. The lowest BCUT2D eigenvalue weighted by atomic mass is 10.0. The molecule has 1 N–H and O–H groups in total. The number of hydrogen-bond donors (Lipinski definition) is 1. The number of piperidine rings is 1. The first-order valence-corrected chi connectivity index (χ1v) is 9.16. The van der Waals surface area contributed by atoms with Gasteiger partial charge in [0.1, 0.15) is 5.75 Å². The van der Waals surface area contributed by atoms with Gasteiger partial charge in [-0.2, -0.15) is 0 Å². The van der Waals surface area contributed by atoms with Gasteiger partial charge in [0.2, 0.25) is 0 Å². The second-order valence-corrected chi connectivity index (χ2v) is 7.54. The van der Waals surface area contributed by atoms with E-state index in [0.717, 1.165) is 42.2 Å². The third-order valence-corrected chi connectivity index (χ3v) is 5.72. The first kappa shape index (κ1) is 16.8. The van der Waals surface area contributed by atoms with E-state index in [-0.39, 0.29) is 11.9 Å². The molecule has 4 nitrogen and oxygen atoms in total. The standard InChI is InChI=1S/C19H24N2O2S/c1-13-11-18(24-14(13)2)19(22)20-15-7-6-10-21(12-15)16-8-4-5-9-17(16)23-3/h4-5,8-9,11,15H,6-7,10,12H2,1-3H3,(H,20,22). The summed E-state index contributed by atoms with van der Waals surface area (Å²) in [5.74, 6) is 0.928. The van der Waals surface area contributed by atoms with Gasteiger partial charge in [0.05, 0.1) is 17.7 Å². The van der Waals surface area contributed by atoms with E-state index in [1.54, 1.807) is 18.4 Å². The van der Waals surface area contributed by atoms with Crippen molar-refractivity contribution >= 4 is 22.9 Å². The maximum absolute atomic E-state index is 12.5. The lowest BCUT2D eigenvalue weighted by molar-refractivity contribution is 0.0937. The van der Waals surface area contributed by atoms with Crippen molar-refractivity contribution in [3.05, 3.63) is 45.6 Å². The number of amides is 1. The van der Waals surface area contributed by atoms with Gasteiger partial charge in [0.15, 0.2) is 0 Å². The second-order valence-electron chi connectivity index (χ2n) is 6.28. The molecule has 0 aliphatic carbocycles. The number of ether oxygens (including phenoxy) is 1. The molecule has 1 aromatic carbocycles. The summed E-state index contributed by atoms with van der Waals surface area (Å²) in [7, 11) is 1.70. The number of nitrogens with zero attached hydrogens (tertiary/aromatic N) is 1. The molecule has 128 valence electrons. The van der Waals surface area contributed by atoms with Crippen molar-refractivity contribution in [1.29, 1.82) is 0 Å². The Labute approximate surface area is 147 Å². The molecule has 1 atom stereocenters. The van der Waals surface area contributed by atoms with Gasteiger partial charge in [-0.3, -0.25) is 4.79 Å². The lowest BCUT2D eigenvalue weighted by Crippen LogP contribution is -2.47. The number of anilines is 1. The van der Waals surface area contributed by atoms with Gasteiger partial charge in [-0.25, -0.2) is 0 Å². The number of rotatable bonds is 4. The maximum atomic E-state index is 12.5. The molecule has 0 bridgehead atoms. The van der Waals surface area contributed by atoms with Crippen LogP contribution in [0.5, 0.6) is 5.75 Å². The molecule has 24 heavy (non-hydrogen) atoms. The van der Waals surface area contributed by atoms with Crippen LogP contribution in [0.3, 0.4) is 0 Å². The number of methoxy groups -OCH3 is 1. The Bertz CT molecular complexity index is 706. The largest absolute Gasteiger partial charge is 0.495 e. The van der Waals surface area contributed by atoms with Crippen LogP contribution in [0.4, 0.5) is 5.69 Å². The van der Waals surface area contributed by atoms with Crippen LogP contribution in [0.2, 0.25) is 0 Å². The summed E-state index contributed by atoms with van der Waals surface area (Å²) in [5, 5.41) is 3.20. The van der Waals surface area contributed by atoms with Crippen molar-refractivity contribution in [2.24, 2.45) is 0 Å². The van der Waals surface area contributed by atoms with Gasteiger partial charge in [0.25, 0.3) is 5.91 Å². The first-order valence-electron chi connectivity index (χ1n) is 8.34. The topological polar surface area (TPSA) is 41.6 Å². The van der Waals surface area contributed by atoms with Crippen molar-refractivity contribution in [3.63, 3.8) is 0 Å². The SMILES string of the molecule is COc1ccccc1N1CCCC(NC(=O)c2cc(C)c(C)s2)C1. The zero-order chi connectivity index (χ0) is 17.1. The van der Waals surface area contributed by atoms with E-state index in [0.29, 0.717) is 0 Å². The Balaban J connectivity index is 1.68. The van der Waals surface area contributed by atoms with E-state index >= 15 is 0 Å². The number of carbonyl (C=O) groups excluding carboxylic acids is 1. The van der Waals surface area contributed by atoms with Gasteiger partial charge in [-0.1, -0.05) is 12.1 Å². The van der Waals surface area contributed by atoms with Gasteiger partial charge in [-0.15, -0.1) is 11.3 Å². The Hall–Kier alpha value is -2.01. The van der Waals surface area contributed by atoms with Crippen molar-refractivity contribution in [2.75, 3.05) is 25.1 Å². The number of nitrogens with one attached hydrogen (secondary N) is 1. The van der Waals surface area contributed by atoms with E-state index in [2.05, 4.69) is 23.2 Å². The molecule has 3 rings (SSSR count). The molecule has 2 heterocycles. The molecule has 0 saturated carbocycles. The summed E-state index contributed by atoms with van der Waals surface area (Å²) < 4.78 is 5.47. The van der Waals surface area contributed by atoms with Crippen molar-refractivity contribution in [2.45, 2.75) is 32.7 Å². The van der Waals surface area contributed by atoms with Crippen LogP contribution in [0.25, 0.3) is 0 Å². The lowest BCUT2D eigenvalue weighted by Gasteiger charge is -2.35. The number of benzene rings is 1. The van der Waals surface area contributed by atoms with Gasteiger partial charge >= 0.3 is 0 Å². The Kier molecular flexibility index (Phi) is 5.09. The highest BCUT2D eigenvalue weighted by atomic mass is 32.1. The van der Waals surface area contributed by atoms with E-state index < -0.39 is 0 Å². The molecular weight excluding hydrogens is 320 g/mol. The third-order valence-electron chi connectivity index (χ3n) is 4.57. The van der Waals surface area contributed by atoms with Crippen molar-refractivity contribution in [3.8, 4) is 5.75 Å². The number of hydrogen-bond acceptors (Lipinski definition) is 4. The molecule has 1 saturated heterocycles. The van der Waals surface area contributed by atoms with Gasteiger partial charge < -0.3 is 15.0 Å². The summed E-state index contributed by atoms with van der Waals surface area (Å²) in [5.41, 5.74) is 2.28. The summed E-state index contributed by atoms with van der Waals surface area (Å²) in [6, 6.07) is 10.2. The quantitative estimate of drug-likeness (QED) is 0.918. The fourth-order valence-electron chi connectivity index (χ4n) is 3.15. The molecule has 5 heteroatoms. The highest BCUT2D eigenvalue weighted by Crippen LogP contribution is 2.30. The van der Waals surface area contributed by atoms with Crippen LogP contribution in [-0.2, 0) is 0 Å². The Morgan fingerprint density at radius 2 is 2.12 bits per heavy atom. The van der Waals surface area contributed by atoms with Crippen LogP contribution < -0.4 is 15.0 Å². The number of thiophene rings is 1. The van der Waals surface area contributed by atoms with Crippen molar-refractivity contribution in [1.82, 2.24) is 5.32 Å². The summed E-state index contributed by atoms with van der Waals surface area (Å²) in [6.45, 7) is 5.91. The summed E-state index contributed by atoms with van der Waals surface area (Å²) in [4.78, 5) is 16.8. The second kappa shape index (κ2) is 7.26. The Morgan fingerprint density at radius 1 is 1.33 bits per heavy atom. The zero-order valence-electron chi connectivity index (χ0n) is 14.5. The van der Waals surface area contributed by atoms with E-state index in [1.807, 2.05) is 31.2 Å². The normalized spacial score (nSPS) is 17.6. The minimum Gasteiger partial charge on any atom is -0.495 e. The van der Waals surface area contributed by atoms with Gasteiger partial charge in [0, 0.05) is 24.0 Å². The molecule has 1 aliphatic rings. The molecule has 1 unspecified atom stereocenters. The number of para-hydroxylation sites is 2. The average Bonchev–Trinajstić information content (AvgIpc) is 2.94. The molecule has 1 aromatic heterocycles. The molecule has 0 radical (unpaired) electrons. The van der Waals surface area contributed by atoms with Gasteiger partial charge in [-0.05, 0) is 50.5 Å². The molecule has 1 fully saturated rings. The fourth-order valence-corrected chi connectivity index (χ4v) is 4.08. The Morgan fingerprint density at radius 3 is 2.83 bits per heavy atom. The van der Waals surface area contributed by atoms with Crippen LogP contribution >= 0.6 is 11.3 Å². The van der Waals surface area contributed by atoms with Crippen molar-refractivity contribution < 1.29 is 9.53 Å². The fraction of sp³-hybridized carbons (Fsp3) is 0.421. The number of aryl methyl sites for hydroxylation is 2. The average molecular weight is 344 g/mol. The number of carbonyl (C=O) groups is 1. The minimum atomic E-state index is 0.0445. The molecule has 0 spiro atoms. The van der Waals surface area contributed by atoms with E-state index in [4.69, 9.17) is 4.74 Å². The highest BCUT2D eigenvalue weighted by Gasteiger charge is 2.24. The monoisotopic (exact) mass is 344 g/mol. The zero-order valence-corrected chi connectivity index (χ0v) is 15.3. The predicted octanol–water partition coefficient (Wildman–Crippen LogP) is 3.77. The van der Waals surface area contributed by atoms with E-state index in [1.165, 1.54) is 10.4 Å². The molecule has 1 amide bonds.